The molecule has 2 nitrogen and oxygen atoms in total. The van der Waals surface area contributed by atoms with Crippen molar-refractivity contribution in [2.75, 3.05) is 18.1 Å². The van der Waals surface area contributed by atoms with Gasteiger partial charge >= 0.3 is 0 Å². The van der Waals surface area contributed by atoms with Crippen molar-refractivity contribution in [1.29, 1.82) is 0 Å². The minimum absolute atomic E-state index is 0.671. The third-order valence-electron chi connectivity index (χ3n) is 4.51. The number of rotatable bonds is 6. The molecule has 0 aromatic carbocycles. The average Bonchev–Trinajstić information content (AvgIpc) is 2.85. The maximum atomic E-state index is 3.90. The van der Waals surface area contributed by atoms with Gasteiger partial charge < -0.3 is 10.6 Å². The van der Waals surface area contributed by atoms with Crippen LogP contribution in [0.25, 0.3) is 0 Å². The average molecular weight is 270 g/mol. The maximum Gasteiger partial charge on any atom is 0.0132 e. The Kier molecular flexibility index (Phi) is 6.33. The molecule has 1 heterocycles. The summed E-state index contributed by atoms with van der Waals surface area (Å²) in [6, 6.07) is 2.24. The number of hydrogen-bond donors (Lipinski definition) is 2. The Labute approximate surface area is 117 Å². The van der Waals surface area contributed by atoms with Crippen LogP contribution in [0.1, 0.15) is 52.4 Å². The summed E-state index contributed by atoms with van der Waals surface area (Å²) < 4.78 is 0. The van der Waals surface area contributed by atoms with Gasteiger partial charge in [-0.3, -0.25) is 0 Å². The van der Waals surface area contributed by atoms with Gasteiger partial charge in [0.05, 0.1) is 0 Å². The molecule has 3 heteroatoms. The summed E-state index contributed by atoms with van der Waals surface area (Å²) in [5, 5.41) is 7.66. The van der Waals surface area contributed by atoms with Crippen molar-refractivity contribution in [2.45, 2.75) is 70.5 Å². The van der Waals surface area contributed by atoms with E-state index in [9.17, 15) is 0 Å². The SMILES string of the molecule is CCSCC(C)NC1CCCC1C1CCCCN1. The first-order valence-corrected chi connectivity index (χ1v) is 9.04. The minimum Gasteiger partial charge on any atom is -0.314 e. The minimum atomic E-state index is 0.671. The summed E-state index contributed by atoms with van der Waals surface area (Å²) >= 11 is 2.06. The van der Waals surface area contributed by atoms with E-state index >= 15 is 0 Å². The predicted molar refractivity (Wildman–Crippen MR) is 82.4 cm³/mol. The maximum absolute atomic E-state index is 3.90. The van der Waals surface area contributed by atoms with Crippen LogP contribution in [0.3, 0.4) is 0 Å². The van der Waals surface area contributed by atoms with E-state index in [1.165, 1.54) is 56.6 Å². The van der Waals surface area contributed by atoms with E-state index in [1.54, 1.807) is 0 Å². The first kappa shape index (κ1) is 14.7. The van der Waals surface area contributed by atoms with Gasteiger partial charge in [-0.05, 0) is 50.8 Å². The summed E-state index contributed by atoms with van der Waals surface area (Å²) in [6.45, 7) is 5.85. The van der Waals surface area contributed by atoms with Crippen molar-refractivity contribution in [1.82, 2.24) is 10.6 Å². The van der Waals surface area contributed by atoms with E-state index in [4.69, 9.17) is 0 Å². The van der Waals surface area contributed by atoms with Gasteiger partial charge in [-0.15, -0.1) is 0 Å². The quantitative estimate of drug-likeness (QED) is 0.776. The summed E-state index contributed by atoms with van der Waals surface area (Å²) in [5.41, 5.74) is 0. The van der Waals surface area contributed by atoms with Gasteiger partial charge in [0, 0.05) is 23.9 Å². The van der Waals surface area contributed by atoms with Crippen LogP contribution >= 0.6 is 11.8 Å². The molecule has 106 valence electrons. The van der Waals surface area contributed by atoms with Crippen molar-refractivity contribution in [2.24, 2.45) is 5.92 Å². The van der Waals surface area contributed by atoms with Gasteiger partial charge in [-0.25, -0.2) is 0 Å². The highest BCUT2D eigenvalue weighted by Gasteiger charge is 2.34. The van der Waals surface area contributed by atoms with Crippen molar-refractivity contribution in [3.05, 3.63) is 0 Å². The van der Waals surface area contributed by atoms with Crippen LogP contribution in [0.4, 0.5) is 0 Å². The molecule has 18 heavy (non-hydrogen) atoms. The van der Waals surface area contributed by atoms with Crippen LogP contribution in [-0.2, 0) is 0 Å². The zero-order valence-corrected chi connectivity index (χ0v) is 12.9. The molecule has 1 saturated heterocycles. The smallest absolute Gasteiger partial charge is 0.0132 e. The number of thioether (sulfide) groups is 1. The predicted octanol–water partition coefficient (Wildman–Crippen LogP) is 3.03. The van der Waals surface area contributed by atoms with Crippen LogP contribution in [0.15, 0.2) is 0 Å². The zero-order valence-electron chi connectivity index (χ0n) is 12.1. The topological polar surface area (TPSA) is 24.1 Å². The van der Waals surface area contributed by atoms with E-state index in [0.717, 1.165) is 18.0 Å². The monoisotopic (exact) mass is 270 g/mol. The molecule has 0 aromatic rings. The highest BCUT2D eigenvalue weighted by Crippen LogP contribution is 2.32. The molecule has 0 bridgehead atoms. The van der Waals surface area contributed by atoms with Crippen LogP contribution in [-0.4, -0.2) is 36.2 Å². The number of hydrogen-bond acceptors (Lipinski definition) is 3. The van der Waals surface area contributed by atoms with Crippen molar-refractivity contribution >= 4 is 11.8 Å². The van der Waals surface area contributed by atoms with Crippen LogP contribution < -0.4 is 10.6 Å². The number of nitrogens with one attached hydrogen (secondary N) is 2. The largest absolute Gasteiger partial charge is 0.314 e. The third-order valence-corrected chi connectivity index (χ3v) is 5.65. The van der Waals surface area contributed by atoms with Crippen molar-refractivity contribution in [3.8, 4) is 0 Å². The highest BCUT2D eigenvalue weighted by atomic mass is 32.2. The van der Waals surface area contributed by atoms with Crippen LogP contribution in [0.5, 0.6) is 0 Å². The first-order chi connectivity index (χ1) is 8.81. The molecule has 1 aliphatic carbocycles. The second kappa shape index (κ2) is 7.76. The lowest BCUT2D eigenvalue weighted by Crippen LogP contribution is -2.49. The molecule has 2 rings (SSSR count). The van der Waals surface area contributed by atoms with Gasteiger partial charge in [-0.2, -0.15) is 11.8 Å². The second-order valence-corrected chi connectivity index (χ2v) is 7.30. The molecular formula is C15H30N2S. The summed E-state index contributed by atoms with van der Waals surface area (Å²) in [4.78, 5) is 0. The summed E-state index contributed by atoms with van der Waals surface area (Å²) in [7, 11) is 0. The molecule has 0 amide bonds. The van der Waals surface area contributed by atoms with Crippen LogP contribution in [0, 0.1) is 5.92 Å². The third kappa shape index (κ3) is 4.14. The molecule has 1 saturated carbocycles. The number of piperidine rings is 1. The molecule has 0 radical (unpaired) electrons. The van der Waals surface area contributed by atoms with E-state index in [2.05, 4.69) is 36.2 Å². The van der Waals surface area contributed by atoms with Crippen molar-refractivity contribution in [3.63, 3.8) is 0 Å². The molecule has 1 aliphatic heterocycles. The zero-order chi connectivity index (χ0) is 12.8. The lowest BCUT2D eigenvalue weighted by atomic mass is 9.88. The molecule has 4 unspecified atom stereocenters. The van der Waals surface area contributed by atoms with Crippen LogP contribution in [0.2, 0.25) is 0 Å². The lowest BCUT2D eigenvalue weighted by molar-refractivity contribution is 0.251. The lowest BCUT2D eigenvalue weighted by Gasteiger charge is -2.34. The summed E-state index contributed by atoms with van der Waals surface area (Å²) in [6.07, 6.45) is 8.47. The summed E-state index contributed by atoms with van der Waals surface area (Å²) in [5.74, 6) is 3.39. The van der Waals surface area contributed by atoms with Gasteiger partial charge in [0.25, 0.3) is 0 Å². The molecule has 0 aromatic heterocycles. The Hall–Kier alpha value is 0.270. The highest BCUT2D eigenvalue weighted by molar-refractivity contribution is 7.99. The molecule has 2 N–H and O–H groups in total. The Morgan fingerprint density at radius 2 is 2.11 bits per heavy atom. The molecule has 2 fully saturated rings. The molecule has 2 aliphatic rings. The van der Waals surface area contributed by atoms with E-state index in [0.29, 0.717) is 6.04 Å². The Balaban J connectivity index is 1.79. The Morgan fingerprint density at radius 1 is 1.22 bits per heavy atom. The second-order valence-electron chi connectivity index (χ2n) is 5.98. The van der Waals surface area contributed by atoms with Gasteiger partial charge in [0.15, 0.2) is 0 Å². The first-order valence-electron chi connectivity index (χ1n) is 7.88. The van der Waals surface area contributed by atoms with Gasteiger partial charge in [0.1, 0.15) is 0 Å². The van der Waals surface area contributed by atoms with Gasteiger partial charge in [0.2, 0.25) is 0 Å². The van der Waals surface area contributed by atoms with E-state index in [1.807, 2.05) is 0 Å². The molecular weight excluding hydrogens is 240 g/mol. The standard InChI is InChI=1S/C15H30N2S/c1-3-18-11-12(2)17-15-9-6-7-13(15)14-8-4-5-10-16-14/h12-17H,3-11H2,1-2H3. The Morgan fingerprint density at radius 3 is 2.83 bits per heavy atom. The fourth-order valence-corrected chi connectivity index (χ4v) is 4.32. The fourth-order valence-electron chi connectivity index (χ4n) is 3.63. The van der Waals surface area contributed by atoms with Gasteiger partial charge in [-0.1, -0.05) is 19.8 Å². The van der Waals surface area contributed by atoms with E-state index < -0.39 is 0 Å². The molecule has 4 atom stereocenters. The fraction of sp³-hybridized carbons (Fsp3) is 1.00. The normalized spacial score (nSPS) is 34.7. The van der Waals surface area contributed by atoms with E-state index in [-0.39, 0.29) is 0 Å². The van der Waals surface area contributed by atoms with Crippen molar-refractivity contribution < 1.29 is 0 Å². The molecule has 0 spiro atoms. The Bertz CT molecular complexity index is 229.